The van der Waals surface area contributed by atoms with Crippen molar-refractivity contribution in [3.63, 3.8) is 0 Å². The van der Waals surface area contributed by atoms with Gasteiger partial charge in [-0.25, -0.2) is 4.79 Å². The van der Waals surface area contributed by atoms with Crippen molar-refractivity contribution < 1.29 is 29.4 Å². The van der Waals surface area contributed by atoms with E-state index in [4.69, 9.17) is 5.73 Å². The lowest BCUT2D eigenvalue weighted by molar-refractivity contribution is -0.145. The second kappa shape index (κ2) is 14.9. The minimum Gasteiger partial charge on any atom is -0.480 e. The van der Waals surface area contributed by atoms with Crippen molar-refractivity contribution in [1.29, 1.82) is 0 Å². The van der Waals surface area contributed by atoms with Crippen molar-refractivity contribution in [1.82, 2.24) is 20.9 Å². The van der Waals surface area contributed by atoms with Gasteiger partial charge in [-0.2, -0.15) is 0 Å². The number of aromatic nitrogens is 1. The molecule has 3 aromatic carbocycles. The van der Waals surface area contributed by atoms with Crippen LogP contribution in [0.1, 0.15) is 23.6 Å². The number of para-hydroxylation sites is 1. The first kappa shape index (κ1) is 31.9. The number of aliphatic carboxylic acids is 1. The lowest BCUT2D eigenvalue weighted by Gasteiger charge is -2.26. The molecule has 0 saturated heterocycles. The molecular formula is C33H37N5O6. The monoisotopic (exact) mass is 599 g/mol. The molecule has 1 aromatic heterocycles. The van der Waals surface area contributed by atoms with Crippen LogP contribution in [0.3, 0.4) is 0 Å². The number of nitrogens with two attached hydrogens (primary N) is 1. The van der Waals surface area contributed by atoms with Gasteiger partial charge in [0, 0.05) is 29.9 Å². The highest BCUT2D eigenvalue weighted by Crippen LogP contribution is 2.19. The Morgan fingerprint density at radius 3 is 1.77 bits per heavy atom. The molecule has 5 unspecified atom stereocenters. The number of fused-ring (bicyclic) bond motifs is 1. The Balaban J connectivity index is 1.54. The van der Waals surface area contributed by atoms with Crippen LogP contribution < -0.4 is 21.7 Å². The highest BCUT2D eigenvalue weighted by atomic mass is 16.4. The summed E-state index contributed by atoms with van der Waals surface area (Å²) in [6, 6.07) is 20.7. The van der Waals surface area contributed by atoms with Gasteiger partial charge in [-0.1, -0.05) is 78.9 Å². The zero-order chi connectivity index (χ0) is 31.6. The summed E-state index contributed by atoms with van der Waals surface area (Å²) in [5.74, 6) is -3.41. The molecule has 0 aliphatic carbocycles. The van der Waals surface area contributed by atoms with Crippen LogP contribution in [0.2, 0.25) is 0 Å². The van der Waals surface area contributed by atoms with Gasteiger partial charge in [-0.05, 0) is 36.1 Å². The molecule has 8 N–H and O–H groups in total. The zero-order valence-corrected chi connectivity index (χ0v) is 24.3. The lowest BCUT2D eigenvalue weighted by atomic mass is 10.0. The maximum absolute atomic E-state index is 13.7. The van der Waals surface area contributed by atoms with Gasteiger partial charge in [0.1, 0.15) is 12.1 Å². The number of carbonyl (C=O) groups excluding carboxylic acids is 3. The average molecular weight is 600 g/mol. The summed E-state index contributed by atoms with van der Waals surface area (Å²) in [4.78, 5) is 55.1. The molecule has 4 rings (SSSR count). The molecule has 44 heavy (non-hydrogen) atoms. The summed E-state index contributed by atoms with van der Waals surface area (Å²) in [5, 5.41) is 28.1. The van der Waals surface area contributed by atoms with Gasteiger partial charge in [0.2, 0.25) is 17.7 Å². The first-order valence-electron chi connectivity index (χ1n) is 14.3. The summed E-state index contributed by atoms with van der Waals surface area (Å²) >= 11 is 0. The van der Waals surface area contributed by atoms with E-state index < -0.39 is 54.0 Å². The van der Waals surface area contributed by atoms with E-state index in [1.165, 1.54) is 6.92 Å². The second-order valence-corrected chi connectivity index (χ2v) is 10.7. The highest BCUT2D eigenvalue weighted by molar-refractivity contribution is 5.94. The van der Waals surface area contributed by atoms with Crippen molar-refractivity contribution in [2.24, 2.45) is 5.73 Å². The van der Waals surface area contributed by atoms with Gasteiger partial charge < -0.3 is 36.9 Å². The SMILES string of the molecule is CC(O)C(NC(=O)C(Cc1ccccc1)NC(=O)C(Cc1ccccc1)NC(=O)C(N)Cc1c[nH]c2ccccc12)C(=O)O. The molecule has 0 aliphatic heterocycles. The minimum atomic E-state index is -1.58. The van der Waals surface area contributed by atoms with E-state index in [1.54, 1.807) is 36.5 Å². The summed E-state index contributed by atoms with van der Waals surface area (Å²) in [7, 11) is 0. The Hall–Kier alpha value is -5.00. The van der Waals surface area contributed by atoms with Crippen LogP contribution in [0.4, 0.5) is 0 Å². The maximum atomic E-state index is 13.7. The predicted octanol–water partition coefficient (Wildman–Crippen LogP) is 1.44. The molecule has 0 saturated carbocycles. The van der Waals surface area contributed by atoms with Crippen LogP contribution >= 0.6 is 0 Å². The molecule has 230 valence electrons. The first-order valence-corrected chi connectivity index (χ1v) is 14.3. The zero-order valence-electron chi connectivity index (χ0n) is 24.3. The Bertz CT molecular complexity index is 1570. The third-order valence-corrected chi connectivity index (χ3v) is 7.33. The molecule has 0 spiro atoms. The molecular weight excluding hydrogens is 562 g/mol. The number of hydrogen-bond donors (Lipinski definition) is 7. The Labute approximate surface area is 254 Å². The molecule has 0 fully saturated rings. The quantitative estimate of drug-likeness (QED) is 0.114. The summed E-state index contributed by atoms with van der Waals surface area (Å²) < 4.78 is 0. The van der Waals surface area contributed by atoms with E-state index >= 15 is 0 Å². The molecule has 11 heteroatoms. The number of aromatic amines is 1. The standard InChI is InChI=1S/C33H37N5O6/c1-20(39)29(33(43)44)38-32(42)28(17-22-12-6-3-7-13-22)37-31(41)27(16-21-10-4-2-5-11-21)36-30(40)25(34)18-23-19-35-26-15-9-8-14-24(23)26/h2-15,19-20,25,27-29,35,39H,16-18,34H2,1H3,(H,36,40)(H,37,41)(H,38,42)(H,43,44). The third kappa shape index (κ3) is 8.52. The molecule has 1 heterocycles. The number of carbonyl (C=O) groups is 4. The number of aliphatic hydroxyl groups is 1. The molecule has 0 bridgehead atoms. The van der Waals surface area contributed by atoms with E-state index in [2.05, 4.69) is 20.9 Å². The van der Waals surface area contributed by atoms with E-state index in [-0.39, 0.29) is 19.3 Å². The number of aliphatic hydroxyl groups excluding tert-OH is 1. The Morgan fingerprint density at radius 1 is 0.727 bits per heavy atom. The topological polar surface area (TPSA) is 187 Å². The maximum Gasteiger partial charge on any atom is 0.328 e. The third-order valence-electron chi connectivity index (χ3n) is 7.33. The number of rotatable bonds is 14. The average Bonchev–Trinajstić information content (AvgIpc) is 3.42. The van der Waals surface area contributed by atoms with Crippen molar-refractivity contribution in [2.45, 2.75) is 56.5 Å². The fourth-order valence-corrected chi connectivity index (χ4v) is 4.94. The number of H-pyrrole nitrogens is 1. The number of benzene rings is 3. The van der Waals surface area contributed by atoms with Gasteiger partial charge in [0.05, 0.1) is 12.1 Å². The predicted molar refractivity (Wildman–Crippen MR) is 165 cm³/mol. The van der Waals surface area contributed by atoms with E-state index in [0.717, 1.165) is 22.0 Å². The van der Waals surface area contributed by atoms with Gasteiger partial charge in [-0.15, -0.1) is 0 Å². The molecule has 11 nitrogen and oxygen atoms in total. The lowest BCUT2D eigenvalue weighted by Crippen LogP contribution is -2.59. The fourth-order valence-electron chi connectivity index (χ4n) is 4.94. The second-order valence-electron chi connectivity index (χ2n) is 10.7. The van der Waals surface area contributed by atoms with Crippen molar-refractivity contribution in [2.75, 3.05) is 0 Å². The number of amides is 3. The highest BCUT2D eigenvalue weighted by Gasteiger charge is 2.32. The van der Waals surface area contributed by atoms with Gasteiger partial charge in [-0.3, -0.25) is 14.4 Å². The number of carboxylic acids is 1. The van der Waals surface area contributed by atoms with Crippen LogP contribution in [0.5, 0.6) is 0 Å². The summed E-state index contributed by atoms with van der Waals surface area (Å²) in [5.41, 5.74) is 9.55. The largest absolute Gasteiger partial charge is 0.480 e. The smallest absolute Gasteiger partial charge is 0.328 e. The molecule has 3 amide bonds. The van der Waals surface area contributed by atoms with E-state index in [0.29, 0.717) is 5.56 Å². The van der Waals surface area contributed by atoms with Crippen LogP contribution in [0.15, 0.2) is 91.1 Å². The van der Waals surface area contributed by atoms with Crippen LogP contribution in [0.25, 0.3) is 10.9 Å². The van der Waals surface area contributed by atoms with Crippen LogP contribution in [0, 0.1) is 0 Å². The molecule has 4 aromatic rings. The molecule has 0 aliphatic rings. The summed E-state index contributed by atoms with van der Waals surface area (Å²) in [6.45, 7) is 1.24. The normalized spacial score (nSPS) is 14.5. The van der Waals surface area contributed by atoms with Crippen molar-refractivity contribution in [3.8, 4) is 0 Å². The van der Waals surface area contributed by atoms with Gasteiger partial charge in [0.25, 0.3) is 0 Å². The first-order chi connectivity index (χ1) is 21.1. The number of nitrogens with one attached hydrogen (secondary N) is 4. The van der Waals surface area contributed by atoms with Crippen LogP contribution in [-0.4, -0.2) is 69.2 Å². The number of hydrogen-bond acceptors (Lipinski definition) is 6. The van der Waals surface area contributed by atoms with Gasteiger partial charge in [0.15, 0.2) is 6.04 Å². The molecule has 5 atom stereocenters. The van der Waals surface area contributed by atoms with Gasteiger partial charge >= 0.3 is 5.97 Å². The van der Waals surface area contributed by atoms with E-state index in [1.807, 2.05) is 54.6 Å². The summed E-state index contributed by atoms with van der Waals surface area (Å²) in [6.07, 6.45) is 0.800. The fraction of sp³-hybridized carbons (Fsp3) is 0.273. The van der Waals surface area contributed by atoms with Crippen molar-refractivity contribution in [3.05, 3.63) is 108 Å². The van der Waals surface area contributed by atoms with E-state index in [9.17, 15) is 29.4 Å². The number of carboxylic acid groups (broad SMARTS) is 1. The van der Waals surface area contributed by atoms with Crippen molar-refractivity contribution >= 4 is 34.6 Å². The molecule has 0 radical (unpaired) electrons. The van der Waals surface area contributed by atoms with Crippen LogP contribution in [-0.2, 0) is 38.4 Å². The minimum absolute atomic E-state index is 0.0383. The Morgan fingerprint density at radius 2 is 1.23 bits per heavy atom. The Kier molecular flexibility index (Phi) is 10.8.